The molecule has 0 aliphatic heterocycles. The van der Waals surface area contributed by atoms with Crippen LogP contribution in [0.1, 0.15) is 82.7 Å². The molecule has 1 radical (unpaired) electrons. The standard InChI is InChI=1S/C41H34N3O.C19H26NSi.Ir/c1-24(2)33-22-28(27-14-7-6-8-15-27)23-34(25(3)4)38(33)44-39-31-17-9-11-20-35(31)42-26(5)37(39)43-41(44)32-19-13-18-30-29-16-10-12-21-36(29)45-40(30)32;1-19(2,3)13-16-12-17(15-10-8-7-9-11-15)20-14-18(16)21(4,5)6;/h6-18,20-25H,1-5H3;7-10,12,14H,13H2,1-6H3;/q2*-1;. The van der Waals surface area contributed by atoms with Crippen molar-refractivity contribution in [2.45, 2.75) is 93.3 Å². The van der Waals surface area contributed by atoms with Crippen LogP contribution in [0.15, 0.2) is 144 Å². The molecule has 0 atom stereocenters. The van der Waals surface area contributed by atoms with Crippen LogP contribution in [-0.4, -0.2) is 27.6 Å². The molecule has 0 saturated heterocycles. The number of aromatic nitrogens is 4. The van der Waals surface area contributed by atoms with E-state index in [4.69, 9.17) is 19.4 Å². The first kappa shape index (κ1) is 47.5. The van der Waals surface area contributed by atoms with E-state index in [1.165, 1.54) is 38.7 Å². The van der Waals surface area contributed by atoms with Crippen LogP contribution >= 0.6 is 0 Å². The molecule has 5 nitrogen and oxygen atoms in total. The van der Waals surface area contributed by atoms with Crippen LogP contribution in [0, 0.1) is 24.5 Å². The average molecular weight is 1070 g/mol. The molecular formula is C60H60IrN4OSi-2. The molecule has 6 aromatic carbocycles. The van der Waals surface area contributed by atoms with E-state index in [0.29, 0.717) is 0 Å². The Morgan fingerprint density at radius 1 is 0.687 bits per heavy atom. The number of aryl methyl sites for hydroxylation is 1. The number of furan rings is 1. The van der Waals surface area contributed by atoms with Crippen LogP contribution in [0.5, 0.6) is 0 Å². The van der Waals surface area contributed by atoms with Gasteiger partial charge in [0, 0.05) is 42.8 Å². The van der Waals surface area contributed by atoms with E-state index in [1.807, 2.05) is 36.4 Å². The summed E-state index contributed by atoms with van der Waals surface area (Å²) in [5.41, 5.74) is 16.3. The smallest absolute Gasteiger partial charge is 0.120 e. The molecule has 0 saturated carbocycles. The molecule has 4 aromatic heterocycles. The Morgan fingerprint density at radius 3 is 2.00 bits per heavy atom. The number of hydrogen-bond donors (Lipinski definition) is 0. The zero-order valence-electron chi connectivity index (χ0n) is 40.7. The normalized spacial score (nSPS) is 12.0. The first-order valence-corrected chi connectivity index (χ1v) is 26.9. The van der Waals surface area contributed by atoms with Crippen molar-refractivity contribution >= 4 is 57.1 Å². The van der Waals surface area contributed by atoms with Gasteiger partial charge in [0.25, 0.3) is 0 Å². The monoisotopic (exact) mass is 1070 g/mol. The summed E-state index contributed by atoms with van der Waals surface area (Å²) in [6, 6.07) is 53.3. The first-order valence-electron chi connectivity index (χ1n) is 23.4. The second kappa shape index (κ2) is 19.0. The van der Waals surface area contributed by atoms with Crippen molar-refractivity contribution in [1.82, 2.24) is 19.5 Å². The van der Waals surface area contributed by atoms with Gasteiger partial charge in [-0.1, -0.05) is 157 Å². The summed E-state index contributed by atoms with van der Waals surface area (Å²) in [5.74, 6) is 1.32. The molecule has 4 heterocycles. The summed E-state index contributed by atoms with van der Waals surface area (Å²) in [6.45, 7) is 25.3. The van der Waals surface area contributed by atoms with E-state index in [2.05, 4.69) is 195 Å². The summed E-state index contributed by atoms with van der Waals surface area (Å²) in [6.07, 6.45) is 3.21. The largest absolute Gasteiger partial charge is 0.501 e. The molecule has 0 N–H and O–H groups in total. The Kier molecular flexibility index (Phi) is 13.4. The van der Waals surface area contributed by atoms with Crippen LogP contribution in [-0.2, 0) is 26.5 Å². The van der Waals surface area contributed by atoms with E-state index in [-0.39, 0.29) is 37.4 Å². The minimum absolute atomic E-state index is 0. The van der Waals surface area contributed by atoms with Crippen LogP contribution in [0.25, 0.3) is 83.3 Å². The minimum atomic E-state index is -1.37. The van der Waals surface area contributed by atoms with Crippen LogP contribution in [0.4, 0.5) is 0 Å². The van der Waals surface area contributed by atoms with Gasteiger partial charge >= 0.3 is 0 Å². The maximum atomic E-state index is 6.57. The second-order valence-corrected chi connectivity index (χ2v) is 25.6. The first-order chi connectivity index (χ1) is 31.6. The Bertz CT molecular complexity index is 3340. The van der Waals surface area contributed by atoms with Gasteiger partial charge in [-0.2, -0.15) is 0 Å². The van der Waals surface area contributed by atoms with Gasteiger partial charge in [-0.05, 0) is 88.0 Å². The van der Waals surface area contributed by atoms with E-state index in [0.717, 1.165) is 78.6 Å². The molecular weight excluding hydrogens is 1010 g/mol. The summed E-state index contributed by atoms with van der Waals surface area (Å²) in [7, 11) is -1.37. The van der Waals surface area contributed by atoms with Gasteiger partial charge in [0.05, 0.1) is 41.7 Å². The van der Waals surface area contributed by atoms with Crippen LogP contribution in [0.3, 0.4) is 0 Å². The average Bonchev–Trinajstić information content (AvgIpc) is 3.89. The Morgan fingerprint density at radius 2 is 1.34 bits per heavy atom. The predicted octanol–water partition coefficient (Wildman–Crippen LogP) is 15.8. The molecule has 0 unspecified atom stereocenters. The van der Waals surface area contributed by atoms with Crippen molar-refractivity contribution in [2.75, 3.05) is 0 Å². The number of hydrogen-bond acceptors (Lipinski definition) is 4. The van der Waals surface area contributed by atoms with E-state index < -0.39 is 8.07 Å². The Balaban J connectivity index is 0.000000234. The SMILES string of the molecule is CC(C)(C)Cc1cc(-c2[c-]cccc2)ncc1[Si](C)(C)C.Cc1nc2ccccc2c2c1nc(-c1[c-]ccc3c1oc1ccccc13)n2-c1c(C(C)C)cc(-c2ccccc2)cc1C(C)C.[Ir]. The number of rotatable bonds is 8. The fourth-order valence-corrected chi connectivity index (χ4v) is 10.9. The van der Waals surface area contributed by atoms with Crippen LogP contribution in [0.2, 0.25) is 19.6 Å². The molecule has 0 fully saturated rings. The van der Waals surface area contributed by atoms with Gasteiger partial charge in [0.15, 0.2) is 0 Å². The number of para-hydroxylation sites is 2. The number of benzene rings is 6. The molecule has 67 heavy (non-hydrogen) atoms. The number of imidazole rings is 1. The van der Waals surface area contributed by atoms with Gasteiger partial charge in [-0.25, -0.2) is 0 Å². The predicted molar refractivity (Wildman–Crippen MR) is 281 cm³/mol. The third kappa shape index (κ3) is 9.47. The third-order valence-electron chi connectivity index (χ3n) is 12.5. The minimum Gasteiger partial charge on any atom is -0.501 e. The molecule has 0 aliphatic rings. The van der Waals surface area contributed by atoms with Gasteiger partial charge in [-0.15, -0.1) is 54.1 Å². The van der Waals surface area contributed by atoms with Crippen LogP contribution < -0.4 is 5.19 Å². The van der Waals surface area contributed by atoms with Gasteiger partial charge in [0.1, 0.15) is 5.58 Å². The molecule has 0 amide bonds. The van der Waals surface area contributed by atoms with E-state index in [9.17, 15) is 0 Å². The number of fused-ring (bicyclic) bond motifs is 6. The van der Waals surface area contributed by atoms with Gasteiger partial charge in [-0.3, -0.25) is 9.97 Å². The zero-order chi connectivity index (χ0) is 46.5. The summed E-state index contributed by atoms with van der Waals surface area (Å²) >= 11 is 0. The van der Waals surface area contributed by atoms with Gasteiger partial charge < -0.3 is 14.0 Å². The van der Waals surface area contributed by atoms with Crippen molar-refractivity contribution in [1.29, 1.82) is 0 Å². The Hall–Kier alpha value is -5.98. The van der Waals surface area contributed by atoms with Crippen molar-refractivity contribution in [3.05, 3.63) is 174 Å². The number of pyridine rings is 2. The molecule has 7 heteroatoms. The summed E-state index contributed by atoms with van der Waals surface area (Å²) in [4.78, 5) is 15.1. The van der Waals surface area contributed by atoms with Crippen molar-refractivity contribution in [3.8, 4) is 39.5 Å². The maximum Gasteiger partial charge on any atom is 0.120 e. The molecule has 10 aromatic rings. The fraction of sp³-hybridized carbons (Fsp3) is 0.250. The zero-order valence-corrected chi connectivity index (χ0v) is 44.1. The number of nitrogens with zero attached hydrogens (tertiary/aromatic N) is 4. The second-order valence-electron chi connectivity index (χ2n) is 20.5. The summed E-state index contributed by atoms with van der Waals surface area (Å²) in [5, 5.41) is 4.71. The van der Waals surface area contributed by atoms with E-state index >= 15 is 0 Å². The van der Waals surface area contributed by atoms with Crippen molar-refractivity contribution in [2.24, 2.45) is 5.41 Å². The van der Waals surface area contributed by atoms with Gasteiger partial charge in [0.2, 0.25) is 0 Å². The summed E-state index contributed by atoms with van der Waals surface area (Å²) < 4.78 is 8.97. The fourth-order valence-electron chi connectivity index (χ4n) is 9.37. The molecule has 0 aliphatic carbocycles. The van der Waals surface area contributed by atoms with E-state index in [1.54, 1.807) is 0 Å². The van der Waals surface area contributed by atoms with Crippen molar-refractivity contribution < 1.29 is 24.5 Å². The molecule has 341 valence electrons. The quantitative estimate of drug-likeness (QED) is 0.112. The Labute approximate surface area is 411 Å². The maximum absolute atomic E-state index is 6.57. The molecule has 0 spiro atoms. The third-order valence-corrected chi connectivity index (χ3v) is 14.5. The topological polar surface area (TPSA) is 56.7 Å². The molecule has 10 rings (SSSR count). The van der Waals surface area contributed by atoms with Crippen molar-refractivity contribution in [3.63, 3.8) is 0 Å². The molecule has 0 bridgehead atoms.